The van der Waals surface area contributed by atoms with Gasteiger partial charge in [0.15, 0.2) is 0 Å². The molecule has 1 aliphatic heterocycles. The minimum absolute atomic E-state index is 0.187. The minimum Gasteiger partial charge on any atom is -0.393 e. The molecule has 206 valence electrons. The maximum atomic E-state index is 12.8. The third-order valence-electron chi connectivity index (χ3n) is 7.01. The van der Waals surface area contributed by atoms with Gasteiger partial charge >= 0.3 is 0 Å². The molecule has 0 radical (unpaired) electrons. The van der Waals surface area contributed by atoms with Gasteiger partial charge in [0.1, 0.15) is 5.69 Å². The van der Waals surface area contributed by atoms with E-state index in [1.807, 2.05) is 78.4 Å². The van der Waals surface area contributed by atoms with Gasteiger partial charge in [0.25, 0.3) is 11.8 Å². The van der Waals surface area contributed by atoms with Gasteiger partial charge in [0.2, 0.25) is 0 Å². The quantitative estimate of drug-likeness (QED) is 0.202. The molecule has 3 aromatic carbocycles. The molecule has 4 aromatic rings. The Bertz CT molecular complexity index is 1480. The number of halogens is 1. The van der Waals surface area contributed by atoms with E-state index in [0.717, 1.165) is 37.3 Å². The number of aromatic nitrogens is 1. The molecule has 8 nitrogen and oxygen atoms in total. The first-order valence-corrected chi connectivity index (χ1v) is 13.7. The lowest BCUT2D eigenvalue weighted by Gasteiger charge is -2.31. The van der Waals surface area contributed by atoms with Gasteiger partial charge in [0.05, 0.1) is 16.8 Å². The van der Waals surface area contributed by atoms with E-state index >= 15 is 0 Å². The van der Waals surface area contributed by atoms with Crippen molar-refractivity contribution in [2.24, 2.45) is 0 Å². The molecule has 4 N–H and O–H groups in total. The number of anilines is 5. The standard InChI is InChI=1S/C31H32ClN5O3/c1-2-36-17-3-4-29(36)31(40)35-24-11-14-28(27(32)20-24)33-22-7-9-23(10-8-22)34-30(39)21-5-12-25(13-6-21)37-18-15-26(38)16-19-37/h3-14,17,20,26,33,38H,2,15-16,18-19H2,1H3,(H,34,39)(H,35,40). The normalized spacial score (nSPS) is 13.6. The van der Waals surface area contributed by atoms with Crippen LogP contribution in [0.5, 0.6) is 0 Å². The van der Waals surface area contributed by atoms with Crippen LogP contribution in [0.25, 0.3) is 0 Å². The SMILES string of the molecule is CCn1cccc1C(=O)Nc1ccc(Nc2ccc(NC(=O)c3ccc(N4CCC(O)CC4)cc3)cc2)c(Cl)c1. The molecule has 0 saturated carbocycles. The number of amides is 2. The lowest BCUT2D eigenvalue weighted by molar-refractivity contribution is 0.101. The van der Waals surface area contributed by atoms with Crippen molar-refractivity contribution in [2.75, 3.05) is 33.9 Å². The van der Waals surface area contributed by atoms with E-state index in [1.165, 1.54) is 0 Å². The predicted molar refractivity (Wildman–Crippen MR) is 161 cm³/mol. The van der Waals surface area contributed by atoms with E-state index in [2.05, 4.69) is 20.9 Å². The number of rotatable bonds is 8. The molecular formula is C31H32ClN5O3. The summed E-state index contributed by atoms with van der Waals surface area (Å²) in [5, 5.41) is 19.3. The van der Waals surface area contributed by atoms with E-state index in [9.17, 15) is 14.7 Å². The van der Waals surface area contributed by atoms with Crippen molar-refractivity contribution in [3.05, 3.63) is 101 Å². The summed E-state index contributed by atoms with van der Waals surface area (Å²) in [4.78, 5) is 27.6. The smallest absolute Gasteiger partial charge is 0.272 e. The first kappa shape index (κ1) is 27.3. The fraction of sp³-hybridized carbons (Fsp3) is 0.226. The Morgan fingerprint density at radius 1 is 0.875 bits per heavy atom. The van der Waals surface area contributed by atoms with Gasteiger partial charge in [-0.3, -0.25) is 9.59 Å². The number of carbonyl (C=O) groups is 2. The highest BCUT2D eigenvalue weighted by Gasteiger charge is 2.17. The third-order valence-corrected chi connectivity index (χ3v) is 7.32. The van der Waals surface area contributed by atoms with Gasteiger partial charge < -0.3 is 30.5 Å². The molecular weight excluding hydrogens is 526 g/mol. The molecule has 5 rings (SSSR count). The number of aliphatic hydroxyl groups is 1. The van der Waals surface area contributed by atoms with Crippen molar-refractivity contribution >= 4 is 51.9 Å². The minimum atomic E-state index is -0.218. The average Bonchev–Trinajstić information content (AvgIpc) is 3.45. The third kappa shape index (κ3) is 6.47. The Morgan fingerprint density at radius 3 is 2.20 bits per heavy atom. The van der Waals surface area contributed by atoms with Crippen LogP contribution in [0.2, 0.25) is 5.02 Å². The van der Waals surface area contributed by atoms with Crippen molar-refractivity contribution in [1.82, 2.24) is 4.57 Å². The Balaban J connectivity index is 1.16. The zero-order valence-electron chi connectivity index (χ0n) is 22.2. The van der Waals surface area contributed by atoms with Crippen LogP contribution in [-0.2, 0) is 6.54 Å². The summed E-state index contributed by atoms with van der Waals surface area (Å²) in [5.41, 5.74) is 4.98. The molecule has 0 aliphatic carbocycles. The van der Waals surface area contributed by atoms with Gasteiger partial charge in [-0.1, -0.05) is 11.6 Å². The number of nitrogens with one attached hydrogen (secondary N) is 3. The second-order valence-corrected chi connectivity index (χ2v) is 10.2. The number of hydrogen-bond donors (Lipinski definition) is 4. The zero-order valence-corrected chi connectivity index (χ0v) is 23.0. The fourth-order valence-electron chi connectivity index (χ4n) is 4.73. The van der Waals surface area contributed by atoms with Gasteiger partial charge in [-0.15, -0.1) is 0 Å². The van der Waals surface area contributed by atoms with Gasteiger partial charge in [0, 0.05) is 54.1 Å². The van der Waals surface area contributed by atoms with E-state index in [1.54, 1.807) is 18.2 Å². The monoisotopic (exact) mass is 557 g/mol. The van der Waals surface area contributed by atoms with Gasteiger partial charge in [-0.2, -0.15) is 0 Å². The molecule has 2 heterocycles. The lowest BCUT2D eigenvalue weighted by atomic mass is 10.1. The summed E-state index contributed by atoms with van der Waals surface area (Å²) in [5.74, 6) is -0.381. The van der Waals surface area contributed by atoms with Crippen LogP contribution in [0.15, 0.2) is 85.1 Å². The molecule has 1 fully saturated rings. The molecule has 1 aromatic heterocycles. The van der Waals surface area contributed by atoms with Crippen LogP contribution < -0.4 is 20.9 Å². The molecule has 9 heteroatoms. The highest BCUT2D eigenvalue weighted by molar-refractivity contribution is 6.33. The summed E-state index contributed by atoms with van der Waals surface area (Å²) in [6, 6.07) is 23.8. The average molecular weight is 558 g/mol. The molecule has 40 heavy (non-hydrogen) atoms. The predicted octanol–water partition coefficient (Wildman–Crippen LogP) is 6.37. The topological polar surface area (TPSA) is 98.6 Å². The van der Waals surface area contributed by atoms with Gasteiger partial charge in [-0.25, -0.2) is 0 Å². The maximum Gasteiger partial charge on any atom is 0.272 e. The van der Waals surface area contributed by atoms with E-state index in [-0.39, 0.29) is 17.9 Å². The van der Waals surface area contributed by atoms with Crippen LogP contribution in [0.3, 0.4) is 0 Å². The zero-order chi connectivity index (χ0) is 28.1. The molecule has 2 amide bonds. The Hall–Kier alpha value is -4.27. The van der Waals surface area contributed by atoms with Crippen LogP contribution in [0.4, 0.5) is 28.4 Å². The number of benzene rings is 3. The van der Waals surface area contributed by atoms with Crippen LogP contribution >= 0.6 is 11.6 Å². The fourth-order valence-corrected chi connectivity index (χ4v) is 4.96. The van der Waals surface area contributed by atoms with Crippen molar-refractivity contribution in [3.8, 4) is 0 Å². The van der Waals surface area contributed by atoms with Gasteiger partial charge in [-0.05, 0) is 98.6 Å². The maximum absolute atomic E-state index is 12.8. The van der Waals surface area contributed by atoms with Crippen molar-refractivity contribution < 1.29 is 14.7 Å². The Morgan fingerprint density at radius 2 is 1.52 bits per heavy atom. The molecule has 0 unspecified atom stereocenters. The molecule has 1 aliphatic rings. The number of piperidine rings is 1. The summed E-state index contributed by atoms with van der Waals surface area (Å²) < 4.78 is 1.87. The Kier molecular flexibility index (Phi) is 8.38. The first-order valence-electron chi connectivity index (χ1n) is 13.4. The molecule has 0 spiro atoms. The lowest BCUT2D eigenvalue weighted by Crippen LogP contribution is -2.35. The van der Waals surface area contributed by atoms with Crippen LogP contribution in [0.1, 0.15) is 40.6 Å². The highest BCUT2D eigenvalue weighted by Crippen LogP contribution is 2.29. The summed E-state index contributed by atoms with van der Waals surface area (Å²) in [6.45, 7) is 4.32. The van der Waals surface area contributed by atoms with E-state index in [4.69, 9.17) is 11.6 Å². The van der Waals surface area contributed by atoms with E-state index in [0.29, 0.717) is 39.9 Å². The molecule has 1 saturated heterocycles. The number of hydrogen-bond acceptors (Lipinski definition) is 5. The van der Waals surface area contributed by atoms with Crippen molar-refractivity contribution in [1.29, 1.82) is 0 Å². The second kappa shape index (κ2) is 12.3. The molecule has 0 bridgehead atoms. The largest absolute Gasteiger partial charge is 0.393 e. The summed E-state index contributed by atoms with van der Waals surface area (Å²) >= 11 is 6.49. The molecule has 0 atom stereocenters. The van der Waals surface area contributed by atoms with Crippen molar-refractivity contribution in [3.63, 3.8) is 0 Å². The summed E-state index contributed by atoms with van der Waals surface area (Å²) in [6.07, 6.45) is 3.17. The Labute approximate surface area is 238 Å². The highest BCUT2D eigenvalue weighted by atomic mass is 35.5. The number of nitrogens with zero attached hydrogens (tertiary/aromatic N) is 2. The number of carbonyl (C=O) groups excluding carboxylic acids is 2. The number of aryl methyl sites for hydroxylation is 1. The van der Waals surface area contributed by atoms with Crippen LogP contribution in [-0.4, -0.2) is 40.7 Å². The van der Waals surface area contributed by atoms with Crippen molar-refractivity contribution in [2.45, 2.75) is 32.4 Å². The first-order chi connectivity index (χ1) is 19.4. The second-order valence-electron chi connectivity index (χ2n) is 9.75. The summed E-state index contributed by atoms with van der Waals surface area (Å²) in [7, 11) is 0. The number of aliphatic hydroxyl groups excluding tert-OH is 1. The van der Waals surface area contributed by atoms with E-state index < -0.39 is 0 Å². The van der Waals surface area contributed by atoms with Crippen LogP contribution in [0, 0.1) is 0 Å².